The standard InChI is InChI=1S/C14H9BrF4/c15-13(9-4-2-1-3-5-9)11-8-10(14(17,18)19)6-7-12(11)16/h1-8,13H. The van der Waals surface area contributed by atoms with Crippen molar-refractivity contribution in [1.29, 1.82) is 0 Å². The summed E-state index contributed by atoms with van der Waals surface area (Å²) in [5.74, 6) is -0.668. The fourth-order valence-electron chi connectivity index (χ4n) is 1.72. The van der Waals surface area contributed by atoms with Crippen LogP contribution in [0.25, 0.3) is 0 Å². The summed E-state index contributed by atoms with van der Waals surface area (Å²) in [6.07, 6.45) is -4.48. The first kappa shape index (κ1) is 14.1. The van der Waals surface area contributed by atoms with E-state index in [1.807, 2.05) is 0 Å². The molecule has 0 heterocycles. The predicted molar refractivity (Wildman–Crippen MR) is 68.6 cm³/mol. The maximum atomic E-state index is 13.7. The van der Waals surface area contributed by atoms with Crippen molar-refractivity contribution in [2.75, 3.05) is 0 Å². The first-order chi connectivity index (χ1) is 8.89. The van der Waals surface area contributed by atoms with E-state index in [4.69, 9.17) is 0 Å². The highest BCUT2D eigenvalue weighted by molar-refractivity contribution is 9.09. The molecule has 0 spiro atoms. The highest BCUT2D eigenvalue weighted by Gasteiger charge is 2.31. The minimum absolute atomic E-state index is 0.0268. The van der Waals surface area contributed by atoms with Crippen molar-refractivity contribution in [3.8, 4) is 0 Å². The third-order valence-electron chi connectivity index (χ3n) is 2.69. The molecule has 1 atom stereocenters. The molecular weight excluding hydrogens is 324 g/mol. The van der Waals surface area contributed by atoms with E-state index in [-0.39, 0.29) is 5.56 Å². The van der Waals surface area contributed by atoms with E-state index >= 15 is 0 Å². The van der Waals surface area contributed by atoms with Crippen LogP contribution in [0.1, 0.15) is 21.5 Å². The van der Waals surface area contributed by atoms with E-state index in [1.54, 1.807) is 30.3 Å². The van der Waals surface area contributed by atoms with E-state index in [1.165, 1.54) is 0 Å². The molecule has 2 rings (SSSR count). The van der Waals surface area contributed by atoms with E-state index in [2.05, 4.69) is 15.9 Å². The molecule has 19 heavy (non-hydrogen) atoms. The van der Waals surface area contributed by atoms with Crippen LogP contribution in [-0.2, 0) is 6.18 Å². The van der Waals surface area contributed by atoms with Crippen LogP contribution in [0.15, 0.2) is 48.5 Å². The number of hydrogen-bond acceptors (Lipinski definition) is 0. The Morgan fingerprint density at radius 3 is 2.16 bits per heavy atom. The first-order valence-corrected chi connectivity index (χ1v) is 6.37. The average Bonchev–Trinajstić information content (AvgIpc) is 2.38. The van der Waals surface area contributed by atoms with Gasteiger partial charge in [0.2, 0.25) is 0 Å². The van der Waals surface area contributed by atoms with Crippen molar-refractivity contribution >= 4 is 15.9 Å². The molecule has 100 valence electrons. The third kappa shape index (κ3) is 3.15. The molecule has 0 fully saturated rings. The molecule has 1 unspecified atom stereocenters. The monoisotopic (exact) mass is 332 g/mol. The van der Waals surface area contributed by atoms with Crippen molar-refractivity contribution in [3.05, 3.63) is 71.0 Å². The Morgan fingerprint density at radius 1 is 0.947 bits per heavy atom. The average molecular weight is 333 g/mol. The SMILES string of the molecule is Fc1ccc(C(F)(F)F)cc1C(Br)c1ccccc1. The number of hydrogen-bond donors (Lipinski definition) is 0. The highest BCUT2D eigenvalue weighted by atomic mass is 79.9. The summed E-state index contributed by atoms with van der Waals surface area (Å²) in [5.41, 5.74) is -0.189. The fraction of sp³-hybridized carbons (Fsp3) is 0.143. The molecular formula is C14H9BrF4. The fourth-order valence-corrected chi connectivity index (χ4v) is 2.37. The number of halogens is 5. The van der Waals surface area contributed by atoms with E-state index in [0.717, 1.165) is 18.2 Å². The summed E-state index contributed by atoms with van der Waals surface area (Å²) in [5, 5.41) is 0. The Labute approximate surface area is 116 Å². The smallest absolute Gasteiger partial charge is 0.207 e. The molecule has 2 aromatic rings. The van der Waals surface area contributed by atoms with Gasteiger partial charge in [-0.1, -0.05) is 46.3 Å². The minimum Gasteiger partial charge on any atom is -0.207 e. The second kappa shape index (κ2) is 5.33. The van der Waals surface area contributed by atoms with E-state index < -0.39 is 22.4 Å². The zero-order valence-electron chi connectivity index (χ0n) is 9.59. The van der Waals surface area contributed by atoms with E-state index in [0.29, 0.717) is 5.56 Å². The summed E-state index contributed by atoms with van der Waals surface area (Å²) in [4.78, 5) is -0.615. The van der Waals surface area contributed by atoms with Gasteiger partial charge in [0.05, 0.1) is 10.4 Å². The molecule has 0 saturated heterocycles. The van der Waals surface area contributed by atoms with Crippen molar-refractivity contribution in [2.45, 2.75) is 11.0 Å². The lowest BCUT2D eigenvalue weighted by Crippen LogP contribution is -2.07. The van der Waals surface area contributed by atoms with Crippen LogP contribution in [0.5, 0.6) is 0 Å². The quantitative estimate of drug-likeness (QED) is 0.515. The summed E-state index contributed by atoms with van der Waals surface area (Å²) in [6.45, 7) is 0. The Hall–Kier alpha value is -1.36. The Kier molecular flexibility index (Phi) is 3.94. The van der Waals surface area contributed by atoms with Crippen molar-refractivity contribution in [3.63, 3.8) is 0 Å². The van der Waals surface area contributed by atoms with Crippen LogP contribution in [0.3, 0.4) is 0 Å². The van der Waals surface area contributed by atoms with Crippen molar-refractivity contribution in [2.24, 2.45) is 0 Å². The molecule has 0 radical (unpaired) electrons. The summed E-state index contributed by atoms with van der Waals surface area (Å²) in [7, 11) is 0. The third-order valence-corrected chi connectivity index (χ3v) is 3.71. The normalized spacial score (nSPS) is 13.3. The zero-order chi connectivity index (χ0) is 14.0. The number of rotatable bonds is 2. The van der Waals surface area contributed by atoms with Gasteiger partial charge in [-0.05, 0) is 23.8 Å². The Morgan fingerprint density at radius 2 is 1.58 bits per heavy atom. The van der Waals surface area contributed by atoms with Crippen molar-refractivity contribution in [1.82, 2.24) is 0 Å². The Bertz CT molecular complexity index is 563. The van der Waals surface area contributed by atoms with Gasteiger partial charge in [-0.15, -0.1) is 0 Å². The maximum absolute atomic E-state index is 13.7. The minimum atomic E-state index is -4.48. The summed E-state index contributed by atoms with van der Waals surface area (Å²) < 4.78 is 51.6. The zero-order valence-corrected chi connectivity index (χ0v) is 11.2. The second-order valence-electron chi connectivity index (χ2n) is 4.01. The van der Waals surface area contributed by atoms with Crippen LogP contribution in [0.4, 0.5) is 17.6 Å². The maximum Gasteiger partial charge on any atom is 0.416 e. The molecule has 0 nitrogen and oxygen atoms in total. The molecule has 0 saturated carbocycles. The first-order valence-electron chi connectivity index (χ1n) is 5.45. The van der Waals surface area contributed by atoms with Crippen LogP contribution < -0.4 is 0 Å². The van der Waals surface area contributed by atoms with Crippen LogP contribution in [0.2, 0.25) is 0 Å². The molecule has 0 aliphatic carbocycles. The molecule has 0 amide bonds. The van der Waals surface area contributed by atoms with Crippen LogP contribution in [0, 0.1) is 5.82 Å². The van der Waals surface area contributed by atoms with Gasteiger partial charge in [-0.2, -0.15) is 13.2 Å². The molecule has 0 bridgehead atoms. The van der Waals surface area contributed by atoms with Gasteiger partial charge < -0.3 is 0 Å². The lowest BCUT2D eigenvalue weighted by Gasteiger charge is -2.14. The highest BCUT2D eigenvalue weighted by Crippen LogP contribution is 2.36. The molecule has 0 aliphatic heterocycles. The number of benzene rings is 2. The molecule has 0 aliphatic rings. The van der Waals surface area contributed by atoms with Gasteiger partial charge in [0.25, 0.3) is 0 Å². The lowest BCUT2D eigenvalue weighted by atomic mass is 10.0. The second-order valence-corrected chi connectivity index (χ2v) is 4.92. The Balaban J connectivity index is 2.45. The van der Waals surface area contributed by atoms with Crippen LogP contribution >= 0.6 is 15.9 Å². The van der Waals surface area contributed by atoms with Gasteiger partial charge in [0.15, 0.2) is 0 Å². The van der Waals surface area contributed by atoms with Crippen molar-refractivity contribution < 1.29 is 17.6 Å². The largest absolute Gasteiger partial charge is 0.416 e. The summed E-state index contributed by atoms with van der Waals surface area (Å²) in [6, 6.07) is 11.1. The topological polar surface area (TPSA) is 0 Å². The molecule has 0 aromatic heterocycles. The molecule has 2 aromatic carbocycles. The lowest BCUT2D eigenvalue weighted by molar-refractivity contribution is -0.137. The van der Waals surface area contributed by atoms with Gasteiger partial charge in [0.1, 0.15) is 5.82 Å². The van der Waals surface area contributed by atoms with Crippen LogP contribution in [-0.4, -0.2) is 0 Å². The predicted octanol–water partition coefficient (Wildman–Crippen LogP) is 5.33. The van der Waals surface area contributed by atoms with Gasteiger partial charge >= 0.3 is 6.18 Å². The van der Waals surface area contributed by atoms with Gasteiger partial charge in [0, 0.05) is 5.56 Å². The molecule has 5 heteroatoms. The molecule has 0 N–H and O–H groups in total. The summed E-state index contributed by atoms with van der Waals surface area (Å²) >= 11 is 3.24. The van der Waals surface area contributed by atoms with Gasteiger partial charge in [-0.3, -0.25) is 0 Å². The van der Waals surface area contributed by atoms with E-state index in [9.17, 15) is 17.6 Å². The van der Waals surface area contributed by atoms with Gasteiger partial charge in [-0.25, -0.2) is 4.39 Å². The number of alkyl halides is 4.